The predicted molar refractivity (Wildman–Crippen MR) is 87.1 cm³/mol. The molecule has 1 heterocycles. The highest BCUT2D eigenvalue weighted by molar-refractivity contribution is 9.10. The second kappa shape index (κ2) is 6.87. The summed E-state index contributed by atoms with van der Waals surface area (Å²) in [5, 5.41) is 12.3. The van der Waals surface area contributed by atoms with Crippen molar-refractivity contribution >= 4 is 44.1 Å². The molecule has 0 atom stereocenters. The molecule has 110 valence electrons. The molecular formula is C15H14BrNO3S. The number of rotatable bonds is 5. The Morgan fingerprint density at radius 2 is 1.95 bits per heavy atom. The van der Waals surface area contributed by atoms with Crippen molar-refractivity contribution in [2.45, 2.75) is 19.8 Å². The maximum atomic E-state index is 12.0. The van der Waals surface area contributed by atoms with Crippen LogP contribution in [0, 0.1) is 0 Å². The summed E-state index contributed by atoms with van der Waals surface area (Å²) in [6.45, 7) is 1.95. The number of carboxylic acid groups (broad SMARTS) is 1. The van der Waals surface area contributed by atoms with E-state index in [0.29, 0.717) is 5.00 Å². The molecule has 0 spiro atoms. The van der Waals surface area contributed by atoms with Crippen molar-refractivity contribution in [1.29, 1.82) is 0 Å². The van der Waals surface area contributed by atoms with E-state index < -0.39 is 5.97 Å². The first-order chi connectivity index (χ1) is 9.99. The smallest absolute Gasteiger partial charge is 0.338 e. The zero-order chi connectivity index (χ0) is 15.4. The average molecular weight is 368 g/mol. The Morgan fingerprint density at radius 3 is 2.52 bits per heavy atom. The Morgan fingerprint density at radius 1 is 1.29 bits per heavy atom. The fourth-order valence-electron chi connectivity index (χ4n) is 1.83. The fraction of sp³-hybridized carbons (Fsp3) is 0.200. The van der Waals surface area contributed by atoms with Crippen LogP contribution in [-0.4, -0.2) is 17.0 Å². The number of aromatic carboxylic acids is 1. The number of amides is 1. The molecule has 0 aliphatic carbocycles. The highest BCUT2D eigenvalue weighted by Crippen LogP contribution is 2.28. The lowest BCUT2D eigenvalue weighted by molar-refractivity contribution is -0.115. The lowest BCUT2D eigenvalue weighted by atomic mass is 10.1. The number of nitrogens with one attached hydrogen (secondary N) is 1. The number of benzene rings is 1. The van der Waals surface area contributed by atoms with E-state index in [1.165, 1.54) is 11.3 Å². The summed E-state index contributed by atoms with van der Waals surface area (Å²) < 4.78 is 0.950. The van der Waals surface area contributed by atoms with E-state index in [2.05, 4.69) is 21.2 Å². The molecule has 4 nitrogen and oxygen atoms in total. The lowest BCUT2D eigenvalue weighted by Crippen LogP contribution is -2.15. The van der Waals surface area contributed by atoms with Crippen molar-refractivity contribution in [2.75, 3.05) is 5.32 Å². The molecule has 2 aromatic rings. The molecule has 0 radical (unpaired) electrons. The number of carbonyl (C=O) groups is 2. The molecule has 0 bridgehead atoms. The van der Waals surface area contributed by atoms with Crippen LogP contribution in [0.3, 0.4) is 0 Å². The third-order valence-electron chi connectivity index (χ3n) is 2.89. The number of halogens is 1. The summed E-state index contributed by atoms with van der Waals surface area (Å²) in [4.78, 5) is 24.1. The van der Waals surface area contributed by atoms with Gasteiger partial charge in [0.25, 0.3) is 0 Å². The van der Waals surface area contributed by atoms with Gasteiger partial charge in [0, 0.05) is 9.35 Å². The maximum absolute atomic E-state index is 12.0. The fourth-order valence-corrected chi connectivity index (χ4v) is 3.10. The summed E-state index contributed by atoms with van der Waals surface area (Å²) in [6, 6.07) is 9.06. The van der Waals surface area contributed by atoms with E-state index in [1.807, 2.05) is 31.2 Å². The van der Waals surface area contributed by atoms with E-state index in [0.717, 1.165) is 21.3 Å². The number of carboxylic acids is 1. The van der Waals surface area contributed by atoms with Crippen molar-refractivity contribution in [1.82, 2.24) is 0 Å². The van der Waals surface area contributed by atoms with Crippen LogP contribution in [-0.2, 0) is 17.6 Å². The van der Waals surface area contributed by atoms with Crippen LogP contribution in [0.5, 0.6) is 0 Å². The third kappa shape index (κ3) is 4.15. The molecule has 21 heavy (non-hydrogen) atoms. The summed E-state index contributed by atoms with van der Waals surface area (Å²) in [5.74, 6) is -1.24. The minimum absolute atomic E-state index is 0.154. The highest BCUT2D eigenvalue weighted by Gasteiger charge is 2.16. The third-order valence-corrected chi connectivity index (χ3v) is 4.62. The van der Waals surface area contributed by atoms with E-state index in [1.54, 1.807) is 6.07 Å². The number of hydrogen-bond donors (Lipinski definition) is 2. The quantitative estimate of drug-likeness (QED) is 0.840. The molecule has 0 fully saturated rings. The van der Waals surface area contributed by atoms with E-state index in [-0.39, 0.29) is 17.9 Å². The standard InChI is InChI=1S/C15H14BrNO3S/c1-2-11-8-12(15(19)20)14(21-11)17-13(18)7-9-3-5-10(16)6-4-9/h3-6,8H,2,7H2,1H3,(H,17,18)(H,19,20). The first-order valence-corrected chi connectivity index (χ1v) is 8.01. The van der Waals surface area contributed by atoms with Gasteiger partial charge < -0.3 is 10.4 Å². The number of aryl methyl sites for hydroxylation is 1. The molecule has 1 amide bonds. The normalized spacial score (nSPS) is 10.4. The lowest BCUT2D eigenvalue weighted by Gasteiger charge is -2.04. The topological polar surface area (TPSA) is 66.4 Å². The van der Waals surface area contributed by atoms with Crippen molar-refractivity contribution in [3.8, 4) is 0 Å². The van der Waals surface area contributed by atoms with Crippen LogP contribution in [0.25, 0.3) is 0 Å². The van der Waals surface area contributed by atoms with Gasteiger partial charge in [0.1, 0.15) is 5.00 Å². The van der Waals surface area contributed by atoms with E-state index >= 15 is 0 Å². The minimum Gasteiger partial charge on any atom is -0.478 e. The zero-order valence-corrected chi connectivity index (χ0v) is 13.8. The summed E-state index contributed by atoms with van der Waals surface area (Å²) >= 11 is 4.65. The largest absolute Gasteiger partial charge is 0.478 e. The molecule has 6 heteroatoms. The Hall–Kier alpha value is -1.66. The maximum Gasteiger partial charge on any atom is 0.338 e. The number of thiophene rings is 1. The van der Waals surface area contributed by atoms with Crippen LogP contribution in [0.15, 0.2) is 34.8 Å². The van der Waals surface area contributed by atoms with Crippen LogP contribution in [0.2, 0.25) is 0 Å². The van der Waals surface area contributed by atoms with Crippen LogP contribution in [0.4, 0.5) is 5.00 Å². The molecule has 0 saturated carbocycles. The van der Waals surface area contributed by atoms with Gasteiger partial charge in [0.15, 0.2) is 0 Å². The summed E-state index contributed by atoms with van der Waals surface area (Å²) in [6.07, 6.45) is 0.958. The van der Waals surface area contributed by atoms with Crippen LogP contribution >= 0.6 is 27.3 Å². The predicted octanol–water partition coefficient (Wildman–Crippen LogP) is 3.95. The van der Waals surface area contributed by atoms with Gasteiger partial charge in [-0.05, 0) is 30.2 Å². The Bertz CT molecular complexity index is 664. The van der Waals surface area contributed by atoms with Gasteiger partial charge in [-0.15, -0.1) is 11.3 Å². The highest BCUT2D eigenvalue weighted by atomic mass is 79.9. The second-order valence-electron chi connectivity index (χ2n) is 4.47. The summed E-state index contributed by atoms with van der Waals surface area (Å²) in [5.41, 5.74) is 1.03. The van der Waals surface area contributed by atoms with Gasteiger partial charge >= 0.3 is 5.97 Å². The van der Waals surface area contributed by atoms with E-state index in [4.69, 9.17) is 5.11 Å². The second-order valence-corrected chi connectivity index (χ2v) is 6.52. The van der Waals surface area contributed by atoms with Gasteiger partial charge in [0.05, 0.1) is 12.0 Å². The molecule has 0 unspecified atom stereocenters. The minimum atomic E-state index is -1.02. The first-order valence-electron chi connectivity index (χ1n) is 6.40. The van der Waals surface area contributed by atoms with Crippen LogP contribution < -0.4 is 5.32 Å². The Kier molecular flexibility index (Phi) is 5.14. The molecule has 0 aliphatic rings. The van der Waals surface area contributed by atoms with Crippen LogP contribution in [0.1, 0.15) is 27.7 Å². The van der Waals surface area contributed by atoms with Gasteiger partial charge in [-0.3, -0.25) is 4.79 Å². The molecule has 1 aromatic carbocycles. The molecular weight excluding hydrogens is 354 g/mol. The Balaban J connectivity index is 2.10. The molecule has 2 N–H and O–H groups in total. The molecule has 1 aromatic heterocycles. The number of carbonyl (C=O) groups excluding carboxylic acids is 1. The van der Waals surface area contributed by atoms with Gasteiger partial charge in [-0.1, -0.05) is 35.0 Å². The number of anilines is 1. The van der Waals surface area contributed by atoms with Crippen molar-refractivity contribution in [3.05, 3.63) is 50.8 Å². The SMILES string of the molecule is CCc1cc(C(=O)O)c(NC(=O)Cc2ccc(Br)cc2)s1. The molecule has 0 saturated heterocycles. The van der Waals surface area contributed by atoms with Gasteiger partial charge in [-0.2, -0.15) is 0 Å². The number of hydrogen-bond acceptors (Lipinski definition) is 3. The van der Waals surface area contributed by atoms with Crippen molar-refractivity contribution in [3.63, 3.8) is 0 Å². The Labute approximate surface area is 134 Å². The van der Waals surface area contributed by atoms with Crippen molar-refractivity contribution < 1.29 is 14.7 Å². The molecule has 2 rings (SSSR count). The average Bonchev–Trinajstić information content (AvgIpc) is 2.84. The first kappa shape index (κ1) is 15.7. The summed E-state index contributed by atoms with van der Waals surface area (Å²) in [7, 11) is 0. The monoisotopic (exact) mass is 367 g/mol. The van der Waals surface area contributed by atoms with Gasteiger partial charge in [-0.25, -0.2) is 4.79 Å². The van der Waals surface area contributed by atoms with Crippen molar-refractivity contribution in [2.24, 2.45) is 0 Å². The van der Waals surface area contributed by atoms with E-state index in [9.17, 15) is 9.59 Å². The zero-order valence-electron chi connectivity index (χ0n) is 11.4. The molecule has 0 aliphatic heterocycles. The van der Waals surface area contributed by atoms with Gasteiger partial charge in [0.2, 0.25) is 5.91 Å².